The zero-order valence-electron chi connectivity index (χ0n) is 15.5. The van der Waals surface area contributed by atoms with Gasteiger partial charge in [0.1, 0.15) is 5.69 Å². The van der Waals surface area contributed by atoms with E-state index in [0.717, 1.165) is 12.8 Å². The highest BCUT2D eigenvalue weighted by Crippen LogP contribution is 2.26. The van der Waals surface area contributed by atoms with Crippen LogP contribution in [0.1, 0.15) is 56.6 Å². The van der Waals surface area contributed by atoms with Crippen LogP contribution >= 0.6 is 0 Å². The first kappa shape index (κ1) is 18.7. The Labute approximate surface area is 157 Å². The van der Waals surface area contributed by atoms with Crippen molar-refractivity contribution in [3.8, 4) is 0 Å². The lowest BCUT2D eigenvalue weighted by molar-refractivity contribution is -0.130. The summed E-state index contributed by atoms with van der Waals surface area (Å²) >= 11 is 0. The van der Waals surface area contributed by atoms with Gasteiger partial charge in [0.15, 0.2) is 0 Å². The zero-order chi connectivity index (χ0) is 19.6. The number of rotatable bonds is 6. The van der Waals surface area contributed by atoms with E-state index in [1.165, 1.54) is 7.11 Å². The van der Waals surface area contributed by atoms with Gasteiger partial charge in [0.05, 0.1) is 12.7 Å². The number of carbonyl (C=O) groups excluding carboxylic acids is 3. The van der Waals surface area contributed by atoms with Gasteiger partial charge >= 0.3 is 11.9 Å². The van der Waals surface area contributed by atoms with Crippen LogP contribution in [-0.2, 0) is 14.3 Å². The Morgan fingerprint density at radius 2 is 1.78 bits per heavy atom. The summed E-state index contributed by atoms with van der Waals surface area (Å²) in [4.78, 5) is 40.1. The van der Waals surface area contributed by atoms with Gasteiger partial charge in [-0.25, -0.2) is 9.59 Å². The van der Waals surface area contributed by atoms with Gasteiger partial charge < -0.3 is 19.8 Å². The molecule has 1 atom stereocenters. The van der Waals surface area contributed by atoms with Crippen LogP contribution in [0.3, 0.4) is 0 Å². The summed E-state index contributed by atoms with van der Waals surface area (Å²) < 4.78 is 10.3. The van der Waals surface area contributed by atoms with Crippen LogP contribution in [0, 0.1) is 13.8 Å². The molecular formula is C20H22N2O5. The third-order valence-corrected chi connectivity index (χ3v) is 4.52. The number of benzene rings is 1. The highest BCUT2D eigenvalue weighted by Gasteiger charge is 2.32. The van der Waals surface area contributed by atoms with E-state index >= 15 is 0 Å². The number of aromatic amines is 1. The van der Waals surface area contributed by atoms with E-state index < -0.39 is 18.0 Å². The number of amides is 1. The zero-order valence-corrected chi connectivity index (χ0v) is 15.5. The van der Waals surface area contributed by atoms with Crippen LogP contribution < -0.4 is 5.32 Å². The van der Waals surface area contributed by atoms with Gasteiger partial charge in [0.25, 0.3) is 5.91 Å². The van der Waals surface area contributed by atoms with Crippen molar-refractivity contribution in [1.82, 2.24) is 10.3 Å². The van der Waals surface area contributed by atoms with E-state index in [4.69, 9.17) is 9.47 Å². The van der Waals surface area contributed by atoms with Crippen molar-refractivity contribution in [2.24, 2.45) is 0 Å². The molecule has 7 heteroatoms. The van der Waals surface area contributed by atoms with Crippen molar-refractivity contribution in [3.05, 3.63) is 58.4 Å². The molecule has 0 spiro atoms. The maximum atomic E-state index is 12.7. The molecule has 1 saturated carbocycles. The highest BCUT2D eigenvalue weighted by atomic mass is 16.5. The van der Waals surface area contributed by atoms with Crippen LogP contribution in [0.15, 0.2) is 30.3 Å². The minimum atomic E-state index is -1.07. The second kappa shape index (κ2) is 7.65. The molecule has 1 aliphatic rings. The Hall–Kier alpha value is -3.09. The third kappa shape index (κ3) is 4.02. The summed E-state index contributed by atoms with van der Waals surface area (Å²) in [5.74, 6) is -1.59. The van der Waals surface area contributed by atoms with E-state index in [9.17, 15) is 14.4 Å². The van der Waals surface area contributed by atoms with E-state index in [1.807, 2.05) is 6.07 Å². The maximum absolute atomic E-state index is 12.7. The molecular weight excluding hydrogens is 348 g/mol. The standard InChI is InChI=1S/C20H22N2O5/c1-11-15(19(24)26-3)12(2)21-16(11)20(25)27-17(13-7-5-4-6-8-13)18(23)22-14-9-10-14/h4-8,14,17,21H,9-10H2,1-3H3,(H,22,23)/t17-/m1/s1. The van der Waals surface area contributed by atoms with Crippen molar-refractivity contribution >= 4 is 17.8 Å². The molecule has 0 aliphatic heterocycles. The Kier molecular flexibility index (Phi) is 5.30. The molecule has 1 aromatic heterocycles. The number of hydrogen-bond acceptors (Lipinski definition) is 5. The number of carbonyl (C=O) groups is 3. The van der Waals surface area contributed by atoms with Gasteiger partial charge in [-0.3, -0.25) is 4.79 Å². The van der Waals surface area contributed by atoms with Crippen LogP contribution in [0.5, 0.6) is 0 Å². The van der Waals surface area contributed by atoms with E-state index in [1.54, 1.807) is 38.1 Å². The summed E-state index contributed by atoms with van der Waals surface area (Å²) in [5.41, 5.74) is 1.94. The summed E-state index contributed by atoms with van der Waals surface area (Å²) in [7, 11) is 1.28. The molecule has 1 aliphatic carbocycles. The number of aromatic nitrogens is 1. The Morgan fingerprint density at radius 1 is 1.11 bits per heavy atom. The number of ether oxygens (including phenoxy) is 2. The molecule has 0 bridgehead atoms. The molecule has 0 unspecified atom stereocenters. The van der Waals surface area contributed by atoms with Gasteiger partial charge in [-0.05, 0) is 32.3 Å². The van der Waals surface area contributed by atoms with E-state index in [-0.39, 0.29) is 17.6 Å². The van der Waals surface area contributed by atoms with Crippen LogP contribution in [0.2, 0.25) is 0 Å². The average Bonchev–Trinajstić information content (AvgIpc) is 3.42. The van der Waals surface area contributed by atoms with Crippen molar-refractivity contribution in [3.63, 3.8) is 0 Å². The second-order valence-corrected chi connectivity index (χ2v) is 6.60. The van der Waals surface area contributed by atoms with E-state index in [2.05, 4.69) is 10.3 Å². The molecule has 27 heavy (non-hydrogen) atoms. The summed E-state index contributed by atoms with van der Waals surface area (Å²) in [5, 5.41) is 2.87. The Morgan fingerprint density at radius 3 is 2.37 bits per heavy atom. The first-order valence-corrected chi connectivity index (χ1v) is 8.76. The van der Waals surface area contributed by atoms with Crippen molar-refractivity contribution in [1.29, 1.82) is 0 Å². The van der Waals surface area contributed by atoms with Crippen molar-refractivity contribution in [2.75, 3.05) is 7.11 Å². The number of hydrogen-bond donors (Lipinski definition) is 2. The number of H-pyrrole nitrogens is 1. The molecule has 142 valence electrons. The van der Waals surface area contributed by atoms with Gasteiger partial charge in [-0.15, -0.1) is 0 Å². The topological polar surface area (TPSA) is 97.5 Å². The smallest absolute Gasteiger partial charge is 0.356 e. The molecule has 1 fully saturated rings. The lowest BCUT2D eigenvalue weighted by Gasteiger charge is -2.18. The molecule has 1 amide bonds. The number of aryl methyl sites for hydroxylation is 1. The third-order valence-electron chi connectivity index (χ3n) is 4.52. The molecule has 0 radical (unpaired) electrons. The van der Waals surface area contributed by atoms with E-state index in [0.29, 0.717) is 22.4 Å². The summed E-state index contributed by atoms with van der Waals surface area (Å²) in [6.45, 7) is 3.30. The Balaban J connectivity index is 1.86. The quantitative estimate of drug-likeness (QED) is 0.762. The first-order chi connectivity index (χ1) is 12.9. The summed E-state index contributed by atoms with van der Waals surface area (Å²) in [6, 6.07) is 8.99. The van der Waals surface area contributed by atoms with Crippen molar-refractivity contribution < 1.29 is 23.9 Å². The van der Waals surface area contributed by atoms with Crippen LogP contribution in [0.4, 0.5) is 0 Å². The summed E-state index contributed by atoms with van der Waals surface area (Å²) in [6.07, 6.45) is 0.793. The monoisotopic (exact) mass is 370 g/mol. The largest absolute Gasteiger partial charge is 0.465 e. The Bertz CT molecular complexity index is 868. The van der Waals surface area contributed by atoms with Gasteiger partial charge in [0.2, 0.25) is 6.10 Å². The normalized spacial score (nSPS) is 14.3. The molecule has 2 N–H and O–H groups in total. The molecule has 1 heterocycles. The molecule has 1 aromatic carbocycles. The predicted molar refractivity (Wildman–Crippen MR) is 97.4 cm³/mol. The fraction of sp³-hybridized carbons (Fsp3) is 0.350. The SMILES string of the molecule is COC(=O)c1c(C)[nH]c(C(=O)O[C@@H](C(=O)NC2CC2)c2ccccc2)c1C. The molecule has 3 rings (SSSR count). The van der Waals surface area contributed by atoms with Crippen molar-refractivity contribution in [2.45, 2.75) is 38.8 Å². The van der Waals surface area contributed by atoms with Crippen LogP contribution in [0.25, 0.3) is 0 Å². The number of methoxy groups -OCH3 is 1. The minimum absolute atomic E-state index is 0.132. The molecule has 7 nitrogen and oxygen atoms in total. The second-order valence-electron chi connectivity index (χ2n) is 6.60. The number of esters is 2. The number of nitrogens with one attached hydrogen (secondary N) is 2. The fourth-order valence-corrected chi connectivity index (χ4v) is 2.93. The average molecular weight is 370 g/mol. The van der Waals surface area contributed by atoms with Gasteiger partial charge in [0, 0.05) is 17.3 Å². The predicted octanol–water partition coefficient (Wildman–Crippen LogP) is 2.59. The van der Waals surface area contributed by atoms with Gasteiger partial charge in [-0.1, -0.05) is 30.3 Å². The molecule has 0 saturated heterocycles. The first-order valence-electron chi connectivity index (χ1n) is 8.76. The van der Waals surface area contributed by atoms with Crippen LogP contribution in [-0.4, -0.2) is 36.0 Å². The maximum Gasteiger partial charge on any atom is 0.356 e. The highest BCUT2D eigenvalue weighted by molar-refractivity contribution is 5.99. The lowest BCUT2D eigenvalue weighted by Crippen LogP contribution is -2.33. The minimum Gasteiger partial charge on any atom is -0.465 e. The van der Waals surface area contributed by atoms with Gasteiger partial charge in [-0.2, -0.15) is 0 Å². The fourth-order valence-electron chi connectivity index (χ4n) is 2.93. The molecule has 2 aromatic rings. The lowest BCUT2D eigenvalue weighted by atomic mass is 10.1.